The Morgan fingerprint density at radius 1 is 1.03 bits per heavy atom. The van der Waals surface area contributed by atoms with Crippen LogP contribution in [0.25, 0.3) is 0 Å². The van der Waals surface area contributed by atoms with Crippen LogP contribution in [0, 0.1) is 0 Å². The van der Waals surface area contributed by atoms with Crippen LogP contribution < -0.4 is 16.0 Å². The van der Waals surface area contributed by atoms with E-state index in [4.69, 9.17) is 0 Å². The van der Waals surface area contributed by atoms with Gasteiger partial charge in [0.1, 0.15) is 5.82 Å². The third kappa shape index (κ3) is 5.37. The summed E-state index contributed by atoms with van der Waals surface area (Å²) < 4.78 is 40.2. The highest BCUT2D eigenvalue weighted by Gasteiger charge is 2.30. The number of rotatable bonds is 5. The fourth-order valence-corrected chi connectivity index (χ4v) is 2.62. The number of nitrogens with zero attached hydrogens (tertiary/aromatic N) is 2. The number of urea groups is 1. The Hall–Kier alpha value is -3.82. The minimum atomic E-state index is -4.51. The van der Waals surface area contributed by atoms with Crippen LogP contribution in [0.1, 0.15) is 21.7 Å². The number of aryl methyl sites for hydroxylation is 1. The topological polar surface area (TPSA) is 88.1 Å². The summed E-state index contributed by atoms with van der Waals surface area (Å²) in [5.41, 5.74) is -0.320. The van der Waals surface area contributed by atoms with Gasteiger partial charge in [-0.2, -0.15) is 13.2 Å². The molecule has 0 fully saturated rings. The van der Waals surface area contributed by atoms with E-state index >= 15 is 0 Å². The number of amides is 3. The number of carbonyl (C=O) groups excluding carboxylic acids is 2. The number of aromatic nitrogens is 2. The molecule has 0 aliphatic heterocycles. The SMILES string of the molecule is Cn1ccnc1CNC(=O)Nc1cccc(C(=O)Nc2cccc(C(F)(F)F)c2)c1. The van der Waals surface area contributed by atoms with Gasteiger partial charge in [-0.1, -0.05) is 12.1 Å². The fourth-order valence-electron chi connectivity index (χ4n) is 2.62. The molecule has 0 spiro atoms. The second-order valence-electron chi connectivity index (χ2n) is 6.38. The Kier molecular flexibility index (Phi) is 6.05. The first-order valence-electron chi connectivity index (χ1n) is 8.82. The molecule has 30 heavy (non-hydrogen) atoms. The number of alkyl halides is 3. The van der Waals surface area contributed by atoms with E-state index in [2.05, 4.69) is 20.9 Å². The Labute approximate surface area is 169 Å². The molecule has 0 aliphatic rings. The van der Waals surface area contributed by atoms with Crippen LogP contribution >= 0.6 is 0 Å². The fraction of sp³-hybridized carbons (Fsp3) is 0.150. The van der Waals surface area contributed by atoms with Crippen molar-refractivity contribution in [3.05, 3.63) is 77.9 Å². The van der Waals surface area contributed by atoms with Gasteiger partial charge in [-0.05, 0) is 36.4 Å². The summed E-state index contributed by atoms with van der Waals surface area (Å²) >= 11 is 0. The van der Waals surface area contributed by atoms with Crippen molar-refractivity contribution >= 4 is 23.3 Å². The molecule has 0 saturated carbocycles. The molecule has 2 aromatic carbocycles. The summed E-state index contributed by atoms with van der Waals surface area (Å²) in [6, 6.07) is 9.89. The Morgan fingerprint density at radius 3 is 2.40 bits per heavy atom. The quantitative estimate of drug-likeness (QED) is 0.586. The van der Waals surface area contributed by atoms with E-state index in [1.165, 1.54) is 24.3 Å². The summed E-state index contributed by atoms with van der Waals surface area (Å²) in [6.07, 6.45) is -1.14. The van der Waals surface area contributed by atoms with Crippen molar-refractivity contribution in [3.8, 4) is 0 Å². The summed E-state index contributed by atoms with van der Waals surface area (Å²) in [5.74, 6) is 0.0609. The van der Waals surface area contributed by atoms with Gasteiger partial charge in [-0.3, -0.25) is 4.79 Å². The first kappa shape index (κ1) is 20.9. The number of hydrogen-bond acceptors (Lipinski definition) is 3. The summed E-state index contributed by atoms with van der Waals surface area (Å²) in [6.45, 7) is 0.213. The Morgan fingerprint density at radius 2 is 1.73 bits per heavy atom. The Bertz CT molecular complexity index is 1060. The molecule has 3 rings (SSSR count). The molecule has 0 atom stereocenters. The van der Waals surface area contributed by atoms with Crippen molar-refractivity contribution in [1.82, 2.24) is 14.9 Å². The van der Waals surface area contributed by atoms with Crippen molar-refractivity contribution in [2.75, 3.05) is 10.6 Å². The molecule has 156 valence electrons. The number of imidazole rings is 1. The lowest BCUT2D eigenvalue weighted by molar-refractivity contribution is -0.137. The molecule has 0 aliphatic carbocycles. The monoisotopic (exact) mass is 417 g/mol. The van der Waals surface area contributed by atoms with Gasteiger partial charge in [0.2, 0.25) is 0 Å². The van der Waals surface area contributed by atoms with E-state index in [1.807, 2.05) is 0 Å². The zero-order valence-electron chi connectivity index (χ0n) is 15.8. The maximum absolute atomic E-state index is 12.8. The second-order valence-corrected chi connectivity index (χ2v) is 6.38. The summed E-state index contributed by atoms with van der Waals surface area (Å²) in [5, 5.41) is 7.66. The third-order valence-corrected chi connectivity index (χ3v) is 4.16. The first-order valence-corrected chi connectivity index (χ1v) is 8.82. The third-order valence-electron chi connectivity index (χ3n) is 4.16. The molecule has 1 heterocycles. The lowest BCUT2D eigenvalue weighted by atomic mass is 10.1. The zero-order valence-corrected chi connectivity index (χ0v) is 15.8. The number of nitrogens with one attached hydrogen (secondary N) is 3. The molecule has 10 heteroatoms. The number of hydrogen-bond donors (Lipinski definition) is 3. The largest absolute Gasteiger partial charge is 0.416 e. The molecular formula is C20H18F3N5O2. The number of carbonyl (C=O) groups is 2. The standard InChI is InChI=1S/C20H18F3N5O2/c1-28-9-8-24-17(28)12-25-19(30)27-15-6-2-4-13(10-15)18(29)26-16-7-3-5-14(11-16)20(21,22)23/h2-11H,12H2,1H3,(H,26,29)(H2,25,27,30). The normalized spacial score (nSPS) is 11.1. The average molecular weight is 417 g/mol. The van der Waals surface area contributed by atoms with Crippen molar-refractivity contribution < 1.29 is 22.8 Å². The molecule has 0 unspecified atom stereocenters. The van der Waals surface area contributed by atoms with Gasteiger partial charge < -0.3 is 20.5 Å². The lowest BCUT2D eigenvalue weighted by Gasteiger charge is -2.11. The summed E-state index contributed by atoms with van der Waals surface area (Å²) in [4.78, 5) is 28.5. The highest BCUT2D eigenvalue weighted by atomic mass is 19.4. The highest BCUT2D eigenvalue weighted by molar-refractivity contribution is 6.05. The van der Waals surface area contributed by atoms with Crippen LogP contribution in [0.2, 0.25) is 0 Å². The highest BCUT2D eigenvalue weighted by Crippen LogP contribution is 2.30. The maximum Gasteiger partial charge on any atom is 0.416 e. The van der Waals surface area contributed by atoms with Crippen molar-refractivity contribution in [1.29, 1.82) is 0 Å². The lowest BCUT2D eigenvalue weighted by Crippen LogP contribution is -2.29. The summed E-state index contributed by atoms with van der Waals surface area (Å²) in [7, 11) is 1.80. The van der Waals surface area contributed by atoms with Crippen molar-refractivity contribution in [2.24, 2.45) is 7.05 Å². The van der Waals surface area contributed by atoms with E-state index in [-0.39, 0.29) is 17.8 Å². The van der Waals surface area contributed by atoms with Crippen LogP contribution in [0.4, 0.5) is 29.3 Å². The van der Waals surface area contributed by atoms with E-state index in [0.717, 1.165) is 12.1 Å². The van der Waals surface area contributed by atoms with Gasteiger partial charge in [-0.25, -0.2) is 9.78 Å². The molecule has 7 nitrogen and oxygen atoms in total. The van der Waals surface area contributed by atoms with Crippen LogP contribution in [0.15, 0.2) is 60.9 Å². The molecule has 1 aromatic heterocycles. The van der Waals surface area contributed by atoms with Crippen LogP contribution in [-0.4, -0.2) is 21.5 Å². The van der Waals surface area contributed by atoms with Crippen LogP contribution in [-0.2, 0) is 19.8 Å². The predicted molar refractivity (Wildman–Crippen MR) is 105 cm³/mol. The molecule has 0 saturated heterocycles. The molecular weight excluding hydrogens is 399 g/mol. The number of halogens is 3. The minimum absolute atomic E-state index is 0.0148. The van der Waals surface area contributed by atoms with Gasteiger partial charge in [-0.15, -0.1) is 0 Å². The van der Waals surface area contributed by atoms with Gasteiger partial charge in [0, 0.05) is 36.4 Å². The van der Waals surface area contributed by atoms with Crippen molar-refractivity contribution in [2.45, 2.75) is 12.7 Å². The van der Waals surface area contributed by atoms with Crippen molar-refractivity contribution in [3.63, 3.8) is 0 Å². The minimum Gasteiger partial charge on any atom is -0.337 e. The Balaban J connectivity index is 1.62. The smallest absolute Gasteiger partial charge is 0.337 e. The number of benzene rings is 2. The second kappa shape index (κ2) is 8.68. The van der Waals surface area contributed by atoms with Gasteiger partial charge in [0.25, 0.3) is 5.91 Å². The van der Waals surface area contributed by atoms with E-state index in [0.29, 0.717) is 11.5 Å². The predicted octanol–water partition coefficient (Wildman–Crippen LogP) is 4.01. The maximum atomic E-state index is 12.8. The van der Waals surface area contributed by atoms with E-state index < -0.39 is 23.7 Å². The molecule has 3 aromatic rings. The van der Waals surface area contributed by atoms with Crippen LogP contribution in [0.5, 0.6) is 0 Å². The first-order chi connectivity index (χ1) is 14.2. The molecule has 3 amide bonds. The molecule has 0 bridgehead atoms. The molecule has 3 N–H and O–H groups in total. The van der Waals surface area contributed by atoms with E-state index in [9.17, 15) is 22.8 Å². The van der Waals surface area contributed by atoms with E-state index in [1.54, 1.807) is 36.1 Å². The van der Waals surface area contributed by atoms with Crippen LogP contribution in [0.3, 0.4) is 0 Å². The average Bonchev–Trinajstić information content (AvgIpc) is 3.11. The molecule has 0 radical (unpaired) electrons. The zero-order chi connectivity index (χ0) is 21.7. The van der Waals surface area contributed by atoms with Gasteiger partial charge >= 0.3 is 12.2 Å². The van der Waals surface area contributed by atoms with Gasteiger partial charge in [0.15, 0.2) is 0 Å². The number of anilines is 2. The van der Waals surface area contributed by atoms with Gasteiger partial charge in [0.05, 0.1) is 12.1 Å².